The predicted octanol–water partition coefficient (Wildman–Crippen LogP) is 0.424. The van der Waals surface area contributed by atoms with Gasteiger partial charge in [0.05, 0.1) is 0 Å². The molecule has 5 N–H and O–H groups in total. The van der Waals surface area contributed by atoms with Crippen LogP contribution >= 0.6 is 0 Å². The number of likely N-dealkylation sites (N-methyl/N-ethyl adjacent to an activating group) is 1. The molecule has 1 aromatic carbocycles. The van der Waals surface area contributed by atoms with E-state index < -0.39 is 0 Å². The lowest BCUT2D eigenvalue weighted by atomic mass is 10.1. The summed E-state index contributed by atoms with van der Waals surface area (Å²) in [5.41, 5.74) is 13.5. The van der Waals surface area contributed by atoms with Crippen LogP contribution < -0.4 is 11.5 Å². The van der Waals surface area contributed by atoms with Gasteiger partial charge in [0.1, 0.15) is 5.84 Å². The van der Waals surface area contributed by atoms with Crippen LogP contribution in [0.4, 0.5) is 11.4 Å². The van der Waals surface area contributed by atoms with E-state index in [1.165, 1.54) is 0 Å². The first-order chi connectivity index (χ1) is 8.08. The Bertz CT molecular complexity index is 421. The highest BCUT2D eigenvalue weighted by molar-refractivity contribution is 6.01. The second-order valence-corrected chi connectivity index (χ2v) is 4.49. The number of benzene rings is 1. The van der Waals surface area contributed by atoms with Crippen LogP contribution in [0.25, 0.3) is 0 Å². The maximum atomic E-state index is 8.19. The minimum Gasteiger partial charge on any atom is -0.399 e. The third-order valence-electron chi connectivity index (χ3n) is 3.15. The molecular formula is C12H19N5. The molecule has 0 saturated carbocycles. The van der Waals surface area contributed by atoms with Crippen molar-refractivity contribution in [3.05, 3.63) is 23.8 Å². The Kier molecular flexibility index (Phi) is 3.19. The van der Waals surface area contributed by atoms with Crippen molar-refractivity contribution < 1.29 is 0 Å². The molecule has 0 radical (unpaired) electrons. The van der Waals surface area contributed by atoms with Crippen molar-refractivity contribution in [2.75, 3.05) is 44.7 Å². The zero-order chi connectivity index (χ0) is 12.4. The molecule has 1 fully saturated rings. The highest BCUT2D eigenvalue weighted by atomic mass is 15.3. The molecule has 0 aromatic heterocycles. The number of amidine groups is 1. The number of hydrogen-bond donors (Lipinski definition) is 3. The minimum absolute atomic E-state index is 0.496. The molecule has 5 heteroatoms. The third-order valence-corrected chi connectivity index (χ3v) is 3.15. The lowest BCUT2D eigenvalue weighted by Crippen LogP contribution is -2.47. The Balaban J connectivity index is 2.14. The number of hydrogen-bond acceptors (Lipinski definition) is 4. The number of anilines is 2. The Morgan fingerprint density at radius 3 is 2.41 bits per heavy atom. The van der Waals surface area contributed by atoms with Crippen LogP contribution in [0.15, 0.2) is 18.2 Å². The maximum Gasteiger partial charge on any atom is 0.130 e. The van der Waals surface area contributed by atoms with Crippen LogP contribution in [0.3, 0.4) is 0 Å². The first-order valence-corrected chi connectivity index (χ1v) is 5.75. The van der Waals surface area contributed by atoms with Gasteiger partial charge >= 0.3 is 0 Å². The maximum absolute atomic E-state index is 8.19. The van der Waals surface area contributed by atoms with Crippen LogP contribution in [0.1, 0.15) is 5.56 Å². The van der Waals surface area contributed by atoms with E-state index in [0.29, 0.717) is 17.2 Å². The summed E-state index contributed by atoms with van der Waals surface area (Å²) in [5, 5.41) is 8.19. The van der Waals surface area contributed by atoms with E-state index in [-0.39, 0.29) is 0 Å². The van der Waals surface area contributed by atoms with Gasteiger partial charge in [-0.3, -0.25) is 5.41 Å². The molecule has 17 heavy (non-hydrogen) atoms. The number of nitrogens with zero attached hydrogens (tertiary/aromatic N) is 2. The Morgan fingerprint density at radius 1 is 1.18 bits per heavy atom. The van der Waals surface area contributed by atoms with Gasteiger partial charge in [0.2, 0.25) is 0 Å². The SMILES string of the molecule is CN1CCN(C(=N)c2ccc(N)cc2N)CC1. The molecular weight excluding hydrogens is 214 g/mol. The lowest BCUT2D eigenvalue weighted by Gasteiger charge is -2.34. The second-order valence-electron chi connectivity index (χ2n) is 4.49. The Labute approximate surface area is 102 Å². The van der Waals surface area contributed by atoms with E-state index in [4.69, 9.17) is 16.9 Å². The van der Waals surface area contributed by atoms with E-state index in [0.717, 1.165) is 31.7 Å². The average Bonchev–Trinajstić information content (AvgIpc) is 2.29. The highest BCUT2D eigenvalue weighted by Crippen LogP contribution is 2.18. The van der Waals surface area contributed by atoms with Crippen LogP contribution in [-0.4, -0.2) is 48.9 Å². The molecule has 0 spiro atoms. The van der Waals surface area contributed by atoms with Crippen molar-refractivity contribution in [2.45, 2.75) is 0 Å². The van der Waals surface area contributed by atoms with Crippen molar-refractivity contribution in [1.29, 1.82) is 5.41 Å². The first-order valence-electron chi connectivity index (χ1n) is 5.75. The van der Waals surface area contributed by atoms with Gasteiger partial charge in [-0.25, -0.2) is 0 Å². The first kappa shape index (κ1) is 11.7. The zero-order valence-electron chi connectivity index (χ0n) is 10.1. The summed E-state index contributed by atoms with van der Waals surface area (Å²) in [4.78, 5) is 4.32. The van der Waals surface area contributed by atoms with E-state index in [2.05, 4.69) is 16.8 Å². The van der Waals surface area contributed by atoms with E-state index in [1.807, 2.05) is 6.07 Å². The van der Waals surface area contributed by atoms with Crippen molar-refractivity contribution >= 4 is 17.2 Å². The number of piperazine rings is 1. The standard InChI is InChI=1S/C12H19N5/c1-16-4-6-17(7-5-16)12(15)10-3-2-9(13)8-11(10)14/h2-3,8,15H,4-7,13-14H2,1H3. The monoisotopic (exact) mass is 233 g/mol. The molecule has 1 heterocycles. The van der Waals surface area contributed by atoms with Crippen molar-refractivity contribution in [3.63, 3.8) is 0 Å². The van der Waals surface area contributed by atoms with Gasteiger partial charge in [-0.15, -0.1) is 0 Å². The summed E-state index contributed by atoms with van der Waals surface area (Å²) in [6, 6.07) is 5.32. The fourth-order valence-corrected chi connectivity index (χ4v) is 2.00. The summed E-state index contributed by atoms with van der Waals surface area (Å²) in [7, 11) is 2.10. The largest absolute Gasteiger partial charge is 0.399 e. The zero-order valence-corrected chi connectivity index (χ0v) is 10.1. The number of nitrogens with two attached hydrogens (primary N) is 2. The molecule has 1 aliphatic rings. The van der Waals surface area contributed by atoms with Gasteiger partial charge in [0.25, 0.3) is 0 Å². The fraction of sp³-hybridized carbons (Fsp3) is 0.417. The normalized spacial score (nSPS) is 17.1. The molecule has 0 bridgehead atoms. The summed E-state index contributed by atoms with van der Waals surface area (Å²) in [6.45, 7) is 3.72. The number of nitrogen functional groups attached to an aromatic ring is 2. The highest BCUT2D eigenvalue weighted by Gasteiger charge is 2.18. The molecule has 2 rings (SSSR count). The third kappa shape index (κ3) is 2.50. The van der Waals surface area contributed by atoms with E-state index in [1.54, 1.807) is 12.1 Å². The summed E-state index contributed by atoms with van der Waals surface area (Å²) >= 11 is 0. The number of rotatable bonds is 1. The van der Waals surface area contributed by atoms with Crippen LogP contribution in [0.2, 0.25) is 0 Å². The average molecular weight is 233 g/mol. The van der Waals surface area contributed by atoms with Crippen molar-refractivity contribution in [3.8, 4) is 0 Å². The fourth-order valence-electron chi connectivity index (χ4n) is 2.00. The predicted molar refractivity (Wildman–Crippen MR) is 71.2 cm³/mol. The minimum atomic E-state index is 0.496. The molecule has 1 aromatic rings. The Hall–Kier alpha value is -1.75. The topological polar surface area (TPSA) is 82.4 Å². The van der Waals surface area contributed by atoms with E-state index in [9.17, 15) is 0 Å². The van der Waals surface area contributed by atoms with Gasteiger partial charge in [0.15, 0.2) is 0 Å². The van der Waals surface area contributed by atoms with E-state index >= 15 is 0 Å². The second kappa shape index (κ2) is 4.63. The van der Waals surface area contributed by atoms with Crippen LogP contribution in [-0.2, 0) is 0 Å². The lowest BCUT2D eigenvalue weighted by molar-refractivity contribution is 0.215. The van der Waals surface area contributed by atoms with Crippen molar-refractivity contribution in [1.82, 2.24) is 9.80 Å². The smallest absolute Gasteiger partial charge is 0.130 e. The van der Waals surface area contributed by atoms with Crippen molar-refractivity contribution in [2.24, 2.45) is 0 Å². The Morgan fingerprint density at radius 2 is 1.82 bits per heavy atom. The molecule has 0 atom stereocenters. The van der Waals surface area contributed by atoms with Gasteiger partial charge in [-0.2, -0.15) is 0 Å². The molecule has 1 aliphatic heterocycles. The summed E-state index contributed by atoms with van der Waals surface area (Å²) < 4.78 is 0. The molecule has 92 valence electrons. The molecule has 0 aliphatic carbocycles. The van der Waals surface area contributed by atoms with Gasteiger partial charge in [0, 0.05) is 43.1 Å². The molecule has 0 amide bonds. The summed E-state index contributed by atoms with van der Waals surface area (Å²) in [6.07, 6.45) is 0. The van der Waals surface area contributed by atoms with Crippen LogP contribution in [0, 0.1) is 5.41 Å². The molecule has 1 saturated heterocycles. The van der Waals surface area contributed by atoms with Gasteiger partial charge in [-0.1, -0.05) is 0 Å². The molecule has 0 unspecified atom stereocenters. The number of nitrogens with one attached hydrogen (secondary N) is 1. The molecule has 5 nitrogen and oxygen atoms in total. The quantitative estimate of drug-likeness (QED) is 0.373. The van der Waals surface area contributed by atoms with Crippen LogP contribution in [0.5, 0.6) is 0 Å². The summed E-state index contributed by atoms with van der Waals surface area (Å²) in [5.74, 6) is 0.496. The van der Waals surface area contributed by atoms with Gasteiger partial charge in [-0.05, 0) is 25.2 Å². The van der Waals surface area contributed by atoms with Gasteiger partial charge < -0.3 is 21.3 Å².